The number of nitrogens with one attached hydrogen (secondary N) is 2. The van der Waals surface area contributed by atoms with Crippen LogP contribution in [-0.2, 0) is 16.6 Å². The Kier molecular flexibility index (Phi) is 6.25. The van der Waals surface area contributed by atoms with E-state index in [-0.39, 0.29) is 22.9 Å². The predicted octanol–water partition coefficient (Wildman–Crippen LogP) is 4.69. The second-order valence-electron chi connectivity index (χ2n) is 6.73. The first-order chi connectivity index (χ1) is 13.8. The number of carbonyl (C=O) groups is 1. The van der Waals surface area contributed by atoms with E-state index in [0.29, 0.717) is 16.3 Å². The van der Waals surface area contributed by atoms with Crippen LogP contribution in [-0.4, -0.2) is 14.3 Å². The Morgan fingerprint density at radius 1 is 0.966 bits per heavy atom. The summed E-state index contributed by atoms with van der Waals surface area (Å²) < 4.78 is 28.3. The van der Waals surface area contributed by atoms with Crippen molar-refractivity contribution in [2.75, 3.05) is 4.72 Å². The molecular formula is C22H21ClN2O3S. The average molecular weight is 429 g/mol. The zero-order chi connectivity index (χ0) is 21.0. The third kappa shape index (κ3) is 5.16. The van der Waals surface area contributed by atoms with Crippen LogP contribution < -0.4 is 10.0 Å². The second-order valence-corrected chi connectivity index (χ2v) is 8.79. The van der Waals surface area contributed by atoms with Gasteiger partial charge in [-0.2, -0.15) is 0 Å². The van der Waals surface area contributed by atoms with Crippen LogP contribution in [0.2, 0.25) is 5.02 Å². The monoisotopic (exact) mass is 428 g/mol. The van der Waals surface area contributed by atoms with Crippen molar-refractivity contribution in [2.24, 2.45) is 0 Å². The first-order valence-corrected chi connectivity index (χ1v) is 10.8. The van der Waals surface area contributed by atoms with Crippen LogP contribution in [0.1, 0.15) is 27.0 Å². The molecule has 3 aromatic rings. The van der Waals surface area contributed by atoms with Crippen molar-refractivity contribution in [3.05, 3.63) is 94.0 Å². The highest BCUT2D eigenvalue weighted by atomic mass is 35.5. The normalized spacial score (nSPS) is 11.1. The predicted molar refractivity (Wildman–Crippen MR) is 116 cm³/mol. The van der Waals surface area contributed by atoms with Gasteiger partial charge >= 0.3 is 0 Å². The summed E-state index contributed by atoms with van der Waals surface area (Å²) in [6.07, 6.45) is 0. The van der Waals surface area contributed by atoms with Crippen LogP contribution in [0.15, 0.2) is 71.6 Å². The molecule has 3 rings (SSSR count). The van der Waals surface area contributed by atoms with Crippen molar-refractivity contribution in [1.82, 2.24) is 5.32 Å². The summed E-state index contributed by atoms with van der Waals surface area (Å²) in [5.74, 6) is -0.378. The van der Waals surface area contributed by atoms with Gasteiger partial charge in [0.25, 0.3) is 15.9 Å². The quantitative estimate of drug-likeness (QED) is 0.598. The summed E-state index contributed by atoms with van der Waals surface area (Å²) >= 11 is 6.11. The molecule has 0 aliphatic carbocycles. The van der Waals surface area contributed by atoms with Crippen molar-refractivity contribution < 1.29 is 13.2 Å². The topological polar surface area (TPSA) is 75.3 Å². The number of anilines is 1. The molecule has 2 N–H and O–H groups in total. The number of hydrogen-bond acceptors (Lipinski definition) is 3. The zero-order valence-electron chi connectivity index (χ0n) is 16.1. The molecule has 5 nitrogen and oxygen atoms in total. The molecule has 150 valence electrons. The lowest BCUT2D eigenvalue weighted by Gasteiger charge is -2.13. The van der Waals surface area contributed by atoms with Crippen molar-refractivity contribution >= 4 is 33.2 Å². The number of amides is 1. The van der Waals surface area contributed by atoms with Gasteiger partial charge in [0.1, 0.15) is 0 Å². The lowest BCUT2D eigenvalue weighted by molar-refractivity contribution is 0.0950. The molecule has 0 spiro atoms. The van der Waals surface area contributed by atoms with E-state index in [1.807, 2.05) is 31.2 Å². The van der Waals surface area contributed by atoms with Crippen LogP contribution in [0, 0.1) is 13.8 Å². The van der Waals surface area contributed by atoms with E-state index in [0.717, 1.165) is 11.1 Å². The molecule has 3 aromatic carbocycles. The van der Waals surface area contributed by atoms with Gasteiger partial charge in [-0.15, -0.1) is 0 Å². The molecule has 0 fully saturated rings. The SMILES string of the molecule is Cc1cccc(NS(=O)(=O)c2cc(C(=O)NCc3ccccc3Cl)ccc2C)c1. The van der Waals surface area contributed by atoms with E-state index in [2.05, 4.69) is 10.0 Å². The second kappa shape index (κ2) is 8.68. The molecule has 0 heterocycles. The van der Waals surface area contributed by atoms with Crippen molar-refractivity contribution in [1.29, 1.82) is 0 Å². The number of sulfonamides is 1. The fourth-order valence-electron chi connectivity index (χ4n) is 2.87. The molecule has 0 radical (unpaired) electrons. The summed E-state index contributed by atoms with van der Waals surface area (Å²) in [4.78, 5) is 12.6. The van der Waals surface area contributed by atoms with Crippen LogP contribution in [0.4, 0.5) is 5.69 Å². The molecular weight excluding hydrogens is 408 g/mol. The van der Waals surface area contributed by atoms with Gasteiger partial charge in [-0.1, -0.05) is 48.0 Å². The van der Waals surface area contributed by atoms with Gasteiger partial charge in [0.15, 0.2) is 0 Å². The Labute approximate surface area is 175 Å². The van der Waals surface area contributed by atoms with Gasteiger partial charge < -0.3 is 5.32 Å². The molecule has 0 aliphatic rings. The summed E-state index contributed by atoms with van der Waals surface area (Å²) in [6.45, 7) is 3.82. The minimum absolute atomic E-state index is 0.0596. The van der Waals surface area contributed by atoms with Crippen molar-refractivity contribution in [3.8, 4) is 0 Å². The maximum atomic E-state index is 12.9. The van der Waals surface area contributed by atoms with Crippen LogP contribution in [0.5, 0.6) is 0 Å². The van der Waals surface area contributed by atoms with Crippen LogP contribution in [0.3, 0.4) is 0 Å². The summed E-state index contributed by atoms with van der Waals surface area (Å²) in [5, 5.41) is 3.33. The van der Waals surface area contributed by atoms with Gasteiger partial charge in [0.05, 0.1) is 4.90 Å². The van der Waals surface area contributed by atoms with E-state index >= 15 is 0 Å². The summed E-state index contributed by atoms with van der Waals surface area (Å²) in [7, 11) is -3.84. The molecule has 0 bridgehead atoms. The first kappa shape index (κ1) is 20.9. The highest BCUT2D eigenvalue weighted by Crippen LogP contribution is 2.22. The fourth-order valence-corrected chi connectivity index (χ4v) is 4.39. The number of rotatable bonds is 6. The van der Waals surface area contributed by atoms with Gasteiger partial charge in [-0.25, -0.2) is 8.42 Å². The largest absolute Gasteiger partial charge is 0.348 e. The molecule has 29 heavy (non-hydrogen) atoms. The molecule has 0 atom stereocenters. The van der Waals surface area contributed by atoms with Crippen LogP contribution >= 0.6 is 11.6 Å². The molecule has 1 amide bonds. The molecule has 0 unspecified atom stereocenters. The zero-order valence-corrected chi connectivity index (χ0v) is 17.6. The number of aryl methyl sites for hydroxylation is 2. The van der Waals surface area contributed by atoms with E-state index < -0.39 is 10.0 Å². The van der Waals surface area contributed by atoms with Gasteiger partial charge in [0, 0.05) is 22.8 Å². The van der Waals surface area contributed by atoms with Crippen molar-refractivity contribution in [3.63, 3.8) is 0 Å². The van der Waals surface area contributed by atoms with Gasteiger partial charge in [-0.3, -0.25) is 9.52 Å². The van der Waals surface area contributed by atoms with Gasteiger partial charge in [0.2, 0.25) is 0 Å². The molecule has 0 saturated heterocycles. The van der Waals surface area contributed by atoms with E-state index in [9.17, 15) is 13.2 Å². The Bertz CT molecular complexity index is 1160. The maximum Gasteiger partial charge on any atom is 0.262 e. The third-order valence-electron chi connectivity index (χ3n) is 4.41. The third-order valence-corrected chi connectivity index (χ3v) is 6.30. The molecule has 0 aliphatic heterocycles. The Morgan fingerprint density at radius 3 is 2.45 bits per heavy atom. The van der Waals surface area contributed by atoms with Crippen molar-refractivity contribution in [2.45, 2.75) is 25.3 Å². The molecule has 7 heteroatoms. The fraction of sp³-hybridized carbons (Fsp3) is 0.136. The number of hydrogen-bond donors (Lipinski definition) is 2. The average Bonchev–Trinajstić information content (AvgIpc) is 2.67. The first-order valence-electron chi connectivity index (χ1n) is 8.98. The lowest BCUT2D eigenvalue weighted by atomic mass is 10.1. The summed E-state index contributed by atoms with van der Waals surface area (Å²) in [6, 6.07) is 18.9. The van der Waals surface area contributed by atoms with Crippen LogP contribution in [0.25, 0.3) is 0 Å². The summed E-state index contributed by atoms with van der Waals surface area (Å²) in [5.41, 5.74) is 3.00. The van der Waals surface area contributed by atoms with E-state index in [1.54, 1.807) is 43.3 Å². The Morgan fingerprint density at radius 2 is 1.72 bits per heavy atom. The Balaban J connectivity index is 1.81. The van der Waals surface area contributed by atoms with Gasteiger partial charge in [-0.05, 0) is 60.9 Å². The minimum atomic E-state index is -3.84. The maximum absolute atomic E-state index is 12.9. The van der Waals surface area contributed by atoms with E-state index in [4.69, 9.17) is 11.6 Å². The molecule has 0 aromatic heterocycles. The Hall–Kier alpha value is -2.83. The molecule has 0 saturated carbocycles. The highest BCUT2D eigenvalue weighted by molar-refractivity contribution is 7.92. The lowest BCUT2D eigenvalue weighted by Crippen LogP contribution is -2.23. The number of carbonyl (C=O) groups excluding carboxylic acids is 1. The number of benzene rings is 3. The smallest absolute Gasteiger partial charge is 0.262 e. The minimum Gasteiger partial charge on any atom is -0.348 e. The highest BCUT2D eigenvalue weighted by Gasteiger charge is 2.19. The van der Waals surface area contributed by atoms with E-state index in [1.165, 1.54) is 6.07 Å². The number of halogens is 1. The standard InChI is InChI=1S/C22H21ClN2O3S/c1-15-6-5-8-19(12-15)25-29(27,28)21-13-17(11-10-16(21)2)22(26)24-14-18-7-3-4-9-20(18)23/h3-13,25H,14H2,1-2H3,(H,24,26).